The van der Waals surface area contributed by atoms with Gasteiger partial charge in [0.05, 0.1) is 12.5 Å². The molecule has 5 heteroatoms. The zero-order valence-electron chi connectivity index (χ0n) is 10.1. The Morgan fingerprint density at radius 2 is 2.00 bits per heavy atom. The van der Waals surface area contributed by atoms with Crippen molar-refractivity contribution in [3.8, 4) is 11.5 Å². The molecule has 1 fully saturated rings. The largest absolute Gasteiger partial charge is 0.504 e. The molecule has 1 aliphatic carbocycles. The molecule has 1 saturated carbocycles. The summed E-state index contributed by atoms with van der Waals surface area (Å²) in [5, 5.41) is 19.4. The van der Waals surface area contributed by atoms with Crippen LogP contribution in [0.2, 0.25) is 0 Å². The van der Waals surface area contributed by atoms with Crippen molar-refractivity contribution < 1.29 is 19.7 Å². The Hall–Kier alpha value is -1.23. The standard InChI is InChI=1S/C13H15BrO4/c1-18-11-7-9(14)8(6-10(11)15)13(12(16)17)4-2-3-5-13/h6-7,15H,2-5H2,1H3,(H,16,17). The van der Waals surface area contributed by atoms with Gasteiger partial charge >= 0.3 is 5.97 Å². The quantitative estimate of drug-likeness (QED) is 0.899. The fourth-order valence-corrected chi connectivity index (χ4v) is 3.35. The molecule has 18 heavy (non-hydrogen) atoms. The summed E-state index contributed by atoms with van der Waals surface area (Å²) in [5.41, 5.74) is -0.256. The Morgan fingerprint density at radius 1 is 1.39 bits per heavy atom. The Balaban J connectivity index is 2.56. The van der Waals surface area contributed by atoms with E-state index in [9.17, 15) is 15.0 Å². The minimum atomic E-state index is -0.886. The molecule has 0 unspecified atom stereocenters. The monoisotopic (exact) mass is 314 g/mol. The number of phenolic OH excluding ortho intramolecular Hbond substituents is 1. The predicted octanol–water partition coefficient (Wildman–Crippen LogP) is 3.06. The van der Waals surface area contributed by atoms with E-state index in [0.717, 1.165) is 12.8 Å². The molecule has 0 aliphatic heterocycles. The third-order valence-corrected chi connectivity index (χ3v) is 4.31. The summed E-state index contributed by atoms with van der Waals surface area (Å²) in [6, 6.07) is 3.12. The van der Waals surface area contributed by atoms with Crippen LogP contribution in [0.15, 0.2) is 16.6 Å². The highest BCUT2D eigenvalue weighted by Gasteiger charge is 2.44. The van der Waals surface area contributed by atoms with Gasteiger partial charge in [-0.15, -0.1) is 0 Å². The van der Waals surface area contributed by atoms with Gasteiger partial charge in [0.1, 0.15) is 0 Å². The van der Waals surface area contributed by atoms with Gasteiger partial charge in [0.25, 0.3) is 0 Å². The molecule has 0 atom stereocenters. The second-order valence-electron chi connectivity index (χ2n) is 4.60. The third kappa shape index (κ3) is 1.96. The van der Waals surface area contributed by atoms with Crippen molar-refractivity contribution in [1.29, 1.82) is 0 Å². The van der Waals surface area contributed by atoms with E-state index in [0.29, 0.717) is 28.6 Å². The average molecular weight is 315 g/mol. The van der Waals surface area contributed by atoms with Crippen LogP contribution in [0.5, 0.6) is 11.5 Å². The van der Waals surface area contributed by atoms with Crippen LogP contribution in [0.3, 0.4) is 0 Å². The Kier molecular flexibility index (Phi) is 3.52. The molecular weight excluding hydrogens is 300 g/mol. The van der Waals surface area contributed by atoms with Gasteiger partial charge in [-0.2, -0.15) is 0 Å². The molecule has 0 heterocycles. The molecule has 1 aromatic rings. The van der Waals surface area contributed by atoms with Gasteiger partial charge in [-0.25, -0.2) is 0 Å². The molecule has 0 saturated heterocycles. The molecule has 2 N–H and O–H groups in total. The van der Waals surface area contributed by atoms with E-state index in [2.05, 4.69) is 15.9 Å². The lowest BCUT2D eigenvalue weighted by Crippen LogP contribution is -2.33. The molecule has 0 aromatic heterocycles. The van der Waals surface area contributed by atoms with Crippen LogP contribution in [0.4, 0.5) is 0 Å². The second kappa shape index (κ2) is 4.80. The highest BCUT2D eigenvalue weighted by atomic mass is 79.9. The van der Waals surface area contributed by atoms with E-state index in [4.69, 9.17) is 4.74 Å². The maximum atomic E-state index is 11.6. The zero-order chi connectivity index (χ0) is 13.3. The smallest absolute Gasteiger partial charge is 0.314 e. The number of rotatable bonds is 3. The number of hydrogen-bond acceptors (Lipinski definition) is 3. The topological polar surface area (TPSA) is 66.8 Å². The average Bonchev–Trinajstić information content (AvgIpc) is 2.82. The number of carbonyl (C=O) groups is 1. The van der Waals surface area contributed by atoms with Gasteiger partial charge in [0, 0.05) is 4.47 Å². The Morgan fingerprint density at radius 3 is 2.50 bits per heavy atom. The first-order valence-corrected chi connectivity index (χ1v) is 6.61. The van der Waals surface area contributed by atoms with Gasteiger partial charge in [-0.3, -0.25) is 4.79 Å². The van der Waals surface area contributed by atoms with E-state index in [1.54, 1.807) is 6.07 Å². The zero-order valence-corrected chi connectivity index (χ0v) is 11.7. The van der Waals surface area contributed by atoms with Crippen LogP contribution in [-0.2, 0) is 10.2 Å². The molecule has 0 amide bonds. The Labute approximate surface area is 114 Å². The molecule has 1 aromatic carbocycles. The number of carboxylic acid groups (broad SMARTS) is 1. The predicted molar refractivity (Wildman–Crippen MR) is 70.1 cm³/mol. The fourth-order valence-electron chi connectivity index (χ4n) is 2.65. The molecule has 2 rings (SSSR count). The van der Waals surface area contributed by atoms with E-state index in [1.807, 2.05) is 0 Å². The lowest BCUT2D eigenvalue weighted by Gasteiger charge is -2.26. The number of hydrogen-bond donors (Lipinski definition) is 2. The van der Waals surface area contributed by atoms with Crippen molar-refractivity contribution in [2.75, 3.05) is 7.11 Å². The van der Waals surface area contributed by atoms with Crippen molar-refractivity contribution in [3.05, 3.63) is 22.2 Å². The van der Waals surface area contributed by atoms with Gasteiger partial charge in [-0.05, 0) is 30.5 Å². The number of halogens is 1. The number of ether oxygens (including phenoxy) is 1. The molecule has 98 valence electrons. The molecule has 0 spiro atoms. The maximum absolute atomic E-state index is 11.6. The SMILES string of the molecule is COc1cc(Br)c(C2(C(=O)O)CCCC2)cc1O. The van der Waals surface area contributed by atoms with E-state index in [1.165, 1.54) is 13.2 Å². The van der Waals surface area contributed by atoms with E-state index >= 15 is 0 Å². The fraction of sp³-hybridized carbons (Fsp3) is 0.462. The minimum absolute atomic E-state index is 0.0248. The molecule has 4 nitrogen and oxygen atoms in total. The van der Waals surface area contributed by atoms with E-state index in [-0.39, 0.29) is 5.75 Å². The summed E-state index contributed by atoms with van der Waals surface area (Å²) in [5.74, 6) is -0.516. The highest BCUT2D eigenvalue weighted by Crippen LogP contribution is 2.46. The summed E-state index contributed by atoms with van der Waals surface area (Å²) < 4.78 is 5.68. The molecule has 0 radical (unpaired) electrons. The number of methoxy groups -OCH3 is 1. The van der Waals surface area contributed by atoms with Gasteiger partial charge in [0.2, 0.25) is 0 Å². The van der Waals surface area contributed by atoms with Crippen LogP contribution in [0, 0.1) is 0 Å². The summed E-state index contributed by atoms with van der Waals surface area (Å²) in [7, 11) is 1.46. The van der Waals surface area contributed by atoms with Crippen LogP contribution in [0.1, 0.15) is 31.2 Å². The highest BCUT2D eigenvalue weighted by molar-refractivity contribution is 9.10. The van der Waals surface area contributed by atoms with Crippen LogP contribution in [0.25, 0.3) is 0 Å². The molecule has 0 bridgehead atoms. The first-order chi connectivity index (χ1) is 8.51. The normalized spacial score (nSPS) is 17.7. The summed E-state index contributed by atoms with van der Waals surface area (Å²) in [4.78, 5) is 11.6. The van der Waals surface area contributed by atoms with Crippen molar-refractivity contribution in [3.63, 3.8) is 0 Å². The number of benzene rings is 1. The summed E-state index contributed by atoms with van der Waals surface area (Å²) >= 11 is 3.38. The molecular formula is C13H15BrO4. The molecule has 1 aliphatic rings. The summed E-state index contributed by atoms with van der Waals surface area (Å²) in [6.07, 6.45) is 3.00. The summed E-state index contributed by atoms with van der Waals surface area (Å²) in [6.45, 7) is 0. The van der Waals surface area contributed by atoms with Crippen molar-refractivity contribution in [2.24, 2.45) is 0 Å². The van der Waals surface area contributed by atoms with Crippen LogP contribution < -0.4 is 4.74 Å². The maximum Gasteiger partial charge on any atom is 0.314 e. The van der Waals surface area contributed by atoms with Gasteiger partial charge in [0.15, 0.2) is 11.5 Å². The number of phenols is 1. The second-order valence-corrected chi connectivity index (χ2v) is 5.45. The number of aromatic hydroxyl groups is 1. The lowest BCUT2D eigenvalue weighted by molar-refractivity contribution is -0.143. The lowest BCUT2D eigenvalue weighted by atomic mass is 9.79. The Bertz CT molecular complexity index is 478. The van der Waals surface area contributed by atoms with E-state index < -0.39 is 11.4 Å². The third-order valence-electron chi connectivity index (χ3n) is 3.65. The van der Waals surface area contributed by atoms with Crippen LogP contribution >= 0.6 is 15.9 Å². The van der Waals surface area contributed by atoms with Crippen molar-refractivity contribution in [2.45, 2.75) is 31.1 Å². The van der Waals surface area contributed by atoms with Crippen molar-refractivity contribution >= 4 is 21.9 Å². The van der Waals surface area contributed by atoms with Crippen LogP contribution in [-0.4, -0.2) is 23.3 Å². The number of aliphatic carboxylic acids is 1. The minimum Gasteiger partial charge on any atom is -0.504 e. The first-order valence-electron chi connectivity index (χ1n) is 5.81. The van der Waals surface area contributed by atoms with Gasteiger partial charge < -0.3 is 14.9 Å². The van der Waals surface area contributed by atoms with Gasteiger partial charge in [-0.1, -0.05) is 28.8 Å². The number of carboxylic acids is 1. The first kappa shape index (κ1) is 13.2. The van der Waals surface area contributed by atoms with Crippen molar-refractivity contribution in [1.82, 2.24) is 0 Å².